The SMILES string of the molecule is Cc1cc(C#CCN=[N+]=[N-])ccc1CO. The van der Waals surface area contributed by atoms with Crippen molar-refractivity contribution in [2.45, 2.75) is 13.5 Å². The summed E-state index contributed by atoms with van der Waals surface area (Å²) in [7, 11) is 0. The second-order valence-corrected chi connectivity index (χ2v) is 2.99. The number of hydrogen-bond acceptors (Lipinski definition) is 2. The molecule has 1 aromatic carbocycles. The van der Waals surface area contributed by atoms with E-state index in [0.717, 1.165) is 16.7 Å². The van der Waals surface area contributed by atoms with Crippen molar-refractivity contribution < 1.29 is 5.11 Å². The minimum Gasteiger partial charge on any atom is -0.392 e. The van der Waals surface area contributed by atoms with E-state index < -0.39 is 0 Å². The van der Waals surface area contributed by atoms with Gasteiger partial charge in [-0.25, -0.2) is 0 Å². The van der Waals surface area contributed by atoms with Crippen molar-refractivity contribution in [3.05, 3.63) is 45.3 Å². The molecular formula is C11H11N3O. The molecule has 0 aliphatic carbocycles. The molecule has 0 atom stereocenters. The minimum atomic E-state index is 0.0399. The molecule has 0 bridgehead atoms. The molecular weight excluding hydrogens is 190 g/mol. The number of hydrogen-bond donors (Lipinski definition) is 1. The first kappa shape index (κ1) is 11.1. The lowest BCUT2D eigenvalue weighted by Crippen LogP contribution is -1.89. The highest BCUT2D eigenvalue weighted by Crippen LogP contribution is 2.09. The van der Waals surface area contributed by atoms with E-state index in [-0.39, 0.29) is 13.2 Å². The number of aryl methyl sites for hydroxylation is 1. The molecule has 1 aromatic rings. The molecule has 0 saturated carbocycles. The van der Waals surface area contributed by atoms with E-state index >= 15 is 0 Å². The average Bonchev–Trinajstić information content (AvgIpc) is 2.25. The Bertz CT molecular complexity index is 451. The highest BCUT2D eigenvalue weighted by molar-refractivity contribution is 5.40. The van der Waals surface area contributed by atoms with E-state index in [1.165, 1.54) is 0 Å². The Balaban J connectivity index is 2.82. The minimum absolute atomic E-state index is 0.0399. The summed E-state index contributed by atoms with van der Waals surface area (Å²) in [6.45, 7) is 2.14. The van der Waals surface area contributed by atoms with Crippen LogP contribution in [0.15, 0.2) is 23.3 Å². The number of aliphatic hydroxyl groups is 1. The molecule has 0 spiro atoms. The summed E-state index contributed by atoms with van der Waals surface area (Å²) < 4.78 is 0. The zero-order valence-electron chi connectivity index (χ0n) is 8.44. The fourth-order valence-electron chi connectivity index (χ4n) is 1.16. The molecule has 15 heavy (non-hydrogen) atoms. The Morgan fingerprint density at radius 2 is 2.33 bits per heavy atom. The Hall–Kier alpha value is -1.95. The molecule has 0 unspecified atom stereocenters. The predicted octanol–water partition coefficient (Wildman–Crippen LogP) is 2.15. The third-order valence-corrected chi connectivity index (χ3v) is 1.96. The van der Waals surface area contributed by atoms with Gasteiger partial charge in [0.15, 0.2) is 0 Å². The van der Waals surface area contributed by atoms with Crippen molar-refractivity contribution >= 4 is 0 Å². The van der Waals surface area contributed by atoms with Crippen LogP contribution in [0.5, 0.6) is 0 Å². The van der Waals surface area contributed by atoms with Gasteiger partial charge >= 0.3 is 0 Å². The largest absolute Gasteiger partial charge is 0.392 e. The fraction of sp³-hybridized carbons (Fsp3) is 0.273. The molecule has 0 heterocycles. The van der Waals surface area contributed by atoms with Crippen molar-refractivity contribution in [1.82, 2.24) is 0 Å². The maximum Gasteiger partial charge on any atom is 0.0880 e. The third kappa shape index (κ3) is 3.35. The molecule has 4 heteroatoms. The van der Waals surface area contributed by atoms with Gasteiger partial charge in [0.25, 0.3) is 0 Å². The van der Waals surface area contributed by atoms with Crippen LogP contribution in [-0.4, -0.2) is 11.7 Å². The Labute approximate surface area is 88.2 Å². The summed E-state index contributed by atoms with van der Waals surface area (Å²) >= 11 is 0. The van der Waals surface area contributed by atoms with Gasteiger partial charge in [0.1, 0.15) is 0 Å². The Morgan fingerprint density at radius 1 is 1.53 bits per heavy atom. The number of azide groups is 1. The number of benzene rings is 1. The van der Waals surface area contributed by atoms with E-state index in [9.17, 15) is 0 Å². The Kier molecular flexibility index (Phi) is 4.24. The molecule has 0 radical (unpaired) electrons. The number of nitrogens with zero attached hydrogens (tertiary/aromatic N) is 3. The lowest BCUT2D eigenvalue weighted by atomic mass is 10.1. The van der Waals surface area contributed by atoms with Crippen LogP contribution in [0.2, 0.25) is 0 Å². The van der Waals surface area contributed by atoms with Gasteiger partial charge in [0.05, 0.1) is 13.2 Å². The fourth-order valence-corrected chi connectivity index (χ4v) is 1.16. The summed E-state index contributed by atoms with van der Waals surface area (Å²) in [5.74, 6) is 5.61. The van der Waals surface area contributed by atoms with Gasteiger partial charge in [-0.1, -0.05) is 23.0 Å². The van der Waals surface area contributed by atoms with E-state index in [1.807, 2.05) is 25.1 Å². The van der Waals surface area contributed by atoms with Crippen LogP contribution in [0.3, 0.4) is 0 Å². The average molecular weight is 201 g/mol. The third-order valence-electron chi connectivity index (χ3n) is 1.96. The van der Waals surface area contributed by atoms with Crippen LogP contribution in [0, 0.1) is 18.8 Å². The highest BCUT2D eigenvalue weighted by Gasteiger charge is 1.96. The molecule has 4 nitrogen and oxygen atoms in total. The normalized spacial score (nSPS) is 8.67. The monoisotopic (exact) mass is 201 g/mol. The lowest BCUT2D eigenvalue weighted by molar-refractivity contribution is 0.281. The van der Waals surface area contributed by atoms with E-state index in [1.54, 1.807) is 0 Å². The number of rotatable bonds is 2. The Morgan fingerprint density at radius 3 is 2.93 bits per heavy atom. The maximum atomic E-state index is 8.96. The van der Waals surface area contributed by atoms with Gasteiger partial charge < -0.3 is 5.11 Å². The van der Waals surface area contributed by atoms with Crippen LogP contribution >= 0.6 is 0 Å². The quantitative estimate of drug-likeness (QED) is 0.338. The van der Waals surface area contributed by atoms with Crippen LogP contribution < -0.4 is 0 Å². The lowest BCUT2D eigenvalue weighted by Gasteiger charge is -2.01. The molecule has 0 amide bonds. The van der Waals surface area contributed by atoms with E-state index in [4.69, 9.17) is 10.6 Å². The molecule has 0 aliphatic heterocycles. The molecule has 0 aromatic heterocycles. The topological polar surface area (TPSA) is 69.0 Å². The summed E-state index contributed by atoms with van der Waals surface area (Å²) in [6, 6.07) is 5.57. The van der Waals surface area contributed by atoms with Crippen LogP contribution in [0.25, 0.3) is 10.4 Å². The van der Waals surface area contributed by atoms with Crippen molar-refractivity contribution in [3.63, 3.8) is 0 Å². The highest BCUT2D eigenvalue weighted by atomic mass is 16.3. The second-order valence-electron chi connectivity index (χ2n) is 2.99. The molecule has 0 fully saturated rings. The van der Waals surface area contributed by atoms with Crippen LogP contribution in [0.4, 0.5) is 0 Å². The van der Waals surface area contributed by atoms with Crippen LogP contribution in [-0.2, 0) is 6.61 Å². The maximum absolute atomic E-state index is 8.96. The molecule has 1 N–H and O–H groups in total. The zero-order valence-corrected chi connectivity index (χ0v) is 8.44. The molecule has 0 saturated heterocycles. The van der Waals surface area contributed by atoms with Crippen molar-refractivity contribution in [3.8, 4) is 11.8 Å². The molecule has 1 rings (SSSR count). The first-order valence-corrected chi connectivity index (χ1v) is 4.48. The predicted molar refractivity (Wildman–Crippen MR) is 58.0 cm³/mol. The summed E-state index contributed by atoms with van der Waals surface area (Å²) in [6.07, 6.45) is 0. The van der Waals surface area contributed by atoms with E-state index in [0.29, 0.717) is 0 Å². The van der Waals surface area contributed by atoms with Crippen molar-refractivity contribution in [1.29, 1.82) is 0 Å². The zero-order chi connectivity index (χ0) is 11.1. The van der Waals surface area contributed by atoms with Gasteiger partial charge in [-0.15, -0.1) is 0 Å². The van der Waals surface area contributed by atoms with E-state index in [2.05, 4.69) is 21.9 Å². The van der Waals surface area contributed by atoms with Gasteiger partial charge in [0.2, 0.25) is 0 Å². The molecule has 0 aliphatic rings. The summed E-state index contributed by atoms with van der Waals surface area (Å²) in [4.78, 5) is 2.60. The van der Waals surface area contributed by atoms with Gasteiger partial charge in [-0.3, -0.25) is 0 Å². The summed E-state index contributed by atoms with van der Waals surface area (Å²) in [5, 5.41) is 12.3. The molecule has 76 valence electrons. The van der Waals surface area contributed by atoms with Crippen molar-refractivity contribution in [2.24, 2.45) is 5.11 Å². The first-order chi connectivity index (χ1) is 7.27. The van der Waals surface area contributed by atoms with Crippen LogP contribution in [0.1, 0.15) is 16.7 Å². The van der Waals surface area contributed by atoms with Gasteiger partial charge in [-0.2, -0.15) is 0 Å². The van der Waals surface area contributed by atoms with Gasteiger partial charge in [0, 0.05) is 10.5 Å². The summed E-state index contributed by atoms with van der Waals surface area (Å²) in [5.41, 5.74) is 10.8. The first-order valence-electron chi connectivity index (χ1n) is 4.48. The second kappa shape index (κ2) is 5.71. The van der Waals surface area contributed by atoms with Gasteiger partial charge in [-0.05, 0) is 35.7 Å². The number of aliphatic hydroxyl groups excluding tert-OH is 1. The van der Waals surface area contributed by atoms with Crippen molar-refractivity contribution in [2.75, 3.05) is 6.54 Å². The smallest absolute Gasteiger partial charge is 0.0880 e. The standard InChI is InChI=1S/C11H11N3O/c1-9-7-10(3-2-6-13-14-12)4-5-11(9)8-15/h4-5,7,15H,6,8H2,1H3.